The predicted octanol–water partition coefficient (Wildman–Crippen LogP) is 1.01. The average Bonchev–Trinajstić information content (AvgIpc) is 2.86. The zero-order valence-corrected chi connectivity index (χ0v) is 9.73. The van der Waals surface area contributed by atoms with Crippen LogP contribution in [0.2, 0.25) is 0 Å². The molecule has 6 heteroatoms. The fraction of sp³-hybridized carbons (Fsp3) is 0.636. The van der Waals surface area contributed by atoms with Crippen LogP contribution in [-0.2, 0) is 0 Å². The largest absolute Gasteiger partial charge is 0.332 e. The van der Waals surface area contributed by atoms with Gasteiger partial charge in [0, 0.05) is 0 Å². The van der Waals surface area contributed by atoms with Gasteiger partial charge in [0.15, 0.2) is 5.69 Å². The van der Waals surface area contributed by atoms with Gasteiger partial charge < -0.3 is 5.32 Å². The van der Waals surface area contributed by atoms with Gasteiger partial charge in [0.05, 0.1) is 12.3 Å². The second kappa shape index (κ2) is 4.53. The van der Waals surface area contributed by atoms with Crippen molar-refractivity contribution < 1.29 is 4.79 Å². The lowest BCUT2D eigenvalue weighted by Crippen LogP contribution is -2.49. The van der Waals surface area contributed by atoms with Crippen LogP contribution in [0.1, 0.15) is 43.1 Å². The lowest BCUT2D eigenvalue weighted by atomic mass is 9.78. The van der Waals surface area contributed by atoms with E-state index in [1.807, 2.05) is 0 Å². The van der Waals surface area contributed by atoms with Gasteiger partial charge in [0.2, 0.25) is 0 Å². The number of nitrogens with zero attached hydrogens (tertiary/aromatic N) is 3. The Labute approximate surface area is 99.4 Å². The first-order valence-electron chi connectivity index (χ1n) is 5.75. The Kier molecular flexibility index (Phi) is 3.09. The highest BCUT2D eigenvalue weighted by molar-refractivity contribution is 5.92. The number of carbonyl (C=O) groups excluding carboxylic acids is 1. The molecule has 1 saturated carbocycles. The summed E-state index contributed by atoms with van der Waals surface area (Å²) in [5.41, 5.74) is -0.513. The number of aromatic amines is 1. The molecule has 2 N–H and O–H groups in total. The van der Waals surface area contributed by atoms with E-state index < -0.39 is 5.54 Å². The van der Waals surface area contributed by atoms with Crippen LogP contribution < -0.4 is 5.32 Å². The summed E-state index contributed by atoms with van der Waals surface area (Å²) in [6.45, 7) is 2.17. The molecule has 0 bridgehead atoms. The van der Waals surface area contributed by atoms with Crippen LogP contribution in [0, 0.1) is 17.2 Å². The topological polar surface area (TPSA) is 94.5 Å². The standard InChI is InChI=1S/C11H15N5O/c1-8-2-4-11(7-12,5-3-8)14-10(17)9-6-13-16-15-9/h6,8H,2-5H2,1H3,(H,14,17)(H,13,15,16). The fourth-order valence-electron chi connectivity index (χ4n) is 2.11. The number of hydrogen-bond donors (Lipinski definition) is 2. The number of carbonyl (C=O) groups is 1. The van der Waals surface area contributed by atoms with Gasteiger partial charge in [-0.3, -0.25) is 4.79 Å². The van der Waals surface area contributed by atoms with E-state index in [2.05, 4.69) is 33.7 Å². The Balaban J connectivity index is 2.06. The fourth-order valence-corrected chi connectivity index (χ4v) is 2.11. The molecule has 0 unspecified atom stereocenters. The van der Waals surface area contributed by atoms with Crippen LogP contribution in [0.3, 0.4) is 0 Å². The zero-order chi connectivity index (χ0) is 12.3. The van der Waals surface area contributed by atoms with Crippen LogP contribution in [-0.4, -0.2) is 26.9 Å². The molecule has 1 aliphatic carbocycles. The summed E-state index contributed by atoms with van der Waals surface area (Å²) in [7, 11) is 0. The van der Waals surface area contributed by atoms with Crippen molar-refractivity contribution in [3.63, 3.8) is 0 Å². The minimum atomic E-state index is -0.734. The molecule has 1 aromatic heterocycles. The molecule has 0 spiro atoms. The smallest absolute Gasteiger partial charge is 0.274 e. The Morgan fingerprint density at radius 3 is 2.88 bits per heavy atom. The third-order valence-electron chi connectivity index (χ3n) is 3.34. The van der Waals surface area contributed by atoms with E-state index in [1.54, 1.807) is 0 Å². The van der Waals surface area contributed by atoms with Crippen LogP contribution in [0.5, 0.6) is 0 Å². The van der Waals surface area contributed by atoms with E-state index in [1.165, 1.54) is 6.20 Å². The van der Waals surface area contributed by atoms with Crippen molar-refractivity contribution in [1.82, 2.24) is 20.7 Å². The van der Waals surface area contributed by atoms with E-state index in [0.717, 1.165) is 12.8 Å². The molecule has 0 radical (unpaired) electrons. The van der Waals surface area contributed by atoms with Gasteiger partial charge in [-0.05, 0) is 31.6 Å². The quantitative estimate of drug-likeness (QED) is 0.796. The minimum absolute atomic E-state index is 0.221. The maximum atomic E-state index is 11.8. The zero-order valence-electron chi connectivity index (χ0n) is 9.73. The molecule has 0 aromatic carbocycles. The summed E-state index contributed by atoms with van der Waals surface area (Å²) < 4.78 is 0. The summed E-state index contributed by atoms with van der Waals surface area (Å²) in [6, 6.07) is 2.24. The number of amides is 1. The predicted molar refractivity (Wildman–Crippen MR) is 59.8 cm³/mol. The lowest BCUT2D eigenvalue weighted by molar-refractivity contribution is 0.0888. The maximum Gasteiger partial charge on any atom is 0.274 e. The first-order valence-corrected chi connectivity index (χ1v) is 5.75. The van der Waals surface area contributed by atoms with Crippen molar-refractivity contribution in [1.29, 1.82) is 5.26 Å². The van der Waals surface area contributed by atoms with Gasteiger partial charge in [0.1, 0.15) is 5.54 Å². The molecule has 1 amide bonds. The number of aromatic nitrogens is 3. The van der Waals surface area contributed by atoms with Crippen molar-refractivity contribution in [2.24, 2.45) is 5.92 Å². The van der Waals surface area contributed by atoms with Crippen molar-refractivity contribution in [2.75, 3.05) is 0 Å². The lowest BCUT2D eigenvalue weighted by Gasteiger charge is -2.34. The van der Waals surface area contributed by atoms with Crippen molar-refractivity contribution in [3.8, 4) is 6.07 Å². The Morgan fingerprint density at radius 1 is 1.65 bits per heavy atom. The molecule has 0 saturated heterocycles. The monoisotopic (exact) mass is 233 g/mol. The van der Waals surface area contributed by atoms with E-state index in [4.69, 9.17) is 0 Å². The molecular weight excluding hydrogens is 218 g/mol. The number of nitrogens with one attached hydrogen (secondary N) is 2. The van der Waals surface area contributed by atoms with Crippen molar-refractivity contribution in [3.05, 3.63) is 11.9 Å². The second-order valence-electron chi connectivity index (χ2n) is 4.69. The van der Waals surface area contributed by atoms with E-state index in [0.29, 0.717) is 18.8 Å². The van der Waals surface area contributed by atoms with E-state index in [-0.39, 0.29) is 11.6 Å². The van der Waals surface area contributed by atoms with Gasteiger partial charge in [-0.15, -0.1) is 0 Å². The summed E-state index contributed by atoms with van der Waals surface area (Å²) >= 11 is 0. The van der Waals surface area contributed by atoms with Gasteiger partial charge in [-0.2, -0.15) is 20.7 Å². The molecule has 90 valence electrons. The maximum absolute atomic E-state index is 11.8. The number of hydrogen-bond acceptors (Lipinski definition) is 4. The Hall–Kier alpha value is -1.90. The van der Waals surface area contributed by atoms with Crippen LogP contribution in [0.15, 0.2) is 6.20 Å². The molecular formula is C11H15N5O. The highest BCUT2D eigenvalue weighted by Crippen LogP contribution is 2.31. The third-order valence-corrected chi connectivity index (χ3v) is 3.34. The number of rotatable bonds is 2. The Bertz CT molecular complexity index is 425. The summed E-state index contributed by atoms with van der Waals surface area (Å²) in [5, 5.41) is 21.7. The van der Waals surface area contributed by atoms with Crippen molar-refractivity contribution in [2.45, 2.75) is 38.1 Å². The highest BCUT2D eigenvalue weighted by atomic mass is 16.2. The van der Waals surface area contributed by atoms with Crippen LogP contribution >= 0.6 is 0 Å². The van der Waals surface area contributed by atoms with Gasteiger partial charge in [0.25, 0.3) is 5.91 Å². The normalized spacial score (nSPS) is 28.4. The SMILES string of the molecule is CC1CCC(C#N)(NC(=O)c2cn[nH]n2)CC1. The molecule has 2 rings (SSSR count). The summed E-state index contributed by atoms with van der Waals surface area (Å²) in [4.78, 5) is 11.8. The number of H-pyrrole nitrogens is 1. The molecule has 0 aliphatic heterocycles. The number of nitriles is 1. The molecule has 1 heterocycles. The van der Waals surface area contributed by atoms with Gasteiger partial charge in [-0.1, -0.05) is 6.92 Å². The first kappa shape index (κ1) is 11.6. The molecule has 1 aliphatic rings. The Morgan fingerprint density at radius 2 is 2.35 bits per heavy atom. The van der Waals surface area contributed by atoms with Crippen LogP contribution in [0.25, 0.3) is 0 Å². The summed E-state index contributed by atoms with van der Waals surface area (Å²) in [6.07, 6.45) is 4.69. The first-order chi connectivity index (χ1) is 8.15. The van der Waals surface area contributed by atoms with Gasteiger partial charge >= 0.3 is 0 Å². The molecule has 17 heavy (non-hydrogen) atoms. The minimum Gasteiger partial charge on any atom is -0.332 e. The van der Waals surface area contributed by atoms with Gasteiger partial charge in [-0.25, -0.2) is 0 Å². The molecule has 6 nitrogen and oxygen atoms in total. The van der Waals surface area contributed by atoms with Crippen LogP contribution in [0.4, 0.5) is 0 Å². The van der Waals surface area contributed by atoms with E-state index >= 15 is 0 Å². The third kappa shape index (κ3) is 2.44. The van der Waals surface area contributed by atoms with Crippen molar-refractivity contribution >= 4 is 5.91 Å². The molecule has 0 atom stereocenters. The van der Waals surface area contributed by atoms with E-state index in [9.17, 15) is 10.1 Å². The summed E-state index contributed by atoms with van der Waals surface area (Å²) in [5.74, 6) is 0.287. The average molecular weight is 233 g/mol. The molecule has 1 aromatic rings. The molecule has 1 fully saturated rings. The second-order valence-corrected chi connectivity index (χ2v) is 4.69. The highest BCUT2D eigenvalue weighted by Gasteiger charge is 2.36.